The summed E-state index contributed by atoms with van der Waals surface area (Å²) in [5, 5.41) is 40.9. The predicted octanol–water partition coefficient (Wildman–Crippen LogP) is 4.68. The summed E-state index contributed by atoms with van der Waals surface area (Å²) >= 11 is 0. The van der Waals surface area contributed by atoms with Crippen molar-refractivity contribution in [2.24, 2.45) is 23.2 Å². The molecule has 0 heterocycles. The Morgan fingerprint density at radius 3 is 2.71 bits per heavy atom. The predicted molar refractivity (Wildman–Crippen MR) is 125 cm³/mol. The molecule has 0 aromatic heterocycles. The minimum Gasteiger partial charge on any atom is -0.396 e. The molecule has 0 radical (unpaired) electrons. The standard InChI is InChI=1S/C27H44O4/c1-18(17-28)7-5-14-27(4,31)25-12-11-23-20(8-6-13-26(23,25)3)9-10-21-15-22(29)16-24(30)19(21)2/h9-10,18,22-25,28-31H,2,5-8,11-17H2,1,3-4H3/b20-9+,21-10-/t18?,22-,23+,24?,25+,26+,27+/m1/s1. The van der Waals surface area contributed by atoms with E-state index in [9.17, 15) is 20.4 Å². The van der Waals surface area contributed by atoms with E-state index < -0.39 is 17.8 Å². The number of hydrogen-bond donors (Lipinski definition) is 4. The van der Waals surface area contributed by atoms with Crippen molar-refractivity contribution < 1.29 is 20.4 Å². The largest absolute Gasteiger partial charge is 0.396 e. The summed E-state index contributed by atoms with van der Waals surface area (Å²) in [7, 11) is 0. The smallest absolute Gasteiger partial charge is 0.0811 e. The lowest BCUT2D eigenvalue weighted by molar-refractivity contribution is -0.0660. The lowest BCUT2D eigenvalue weighted by Crippen LogP contribution is -2.45. The second-order valence-electron chi connectivity index (χ2n) is 11.1. The number of hydrogen-bond acceptors (Lipinski definition) is 4. The molecule has 4 N–H and O–H groups in total. The van der Waals surface area contributed by atoms with Gasteiger partial charge in [-0.05, 0) is 92.6 Å². The van der Waals surface area contributed by atoms with Crippen molar-refractivity contribution in [2.75, 3.05) is 6.61 Å². The van der Waals surface area contributed by atoms with Gasteiger partial charge in [-0.15, -0.1) is 0 Å². The van der Waals surface area contributed by atoms with Crippen LogP contribution in [-0.4, -0.2) is 44.8 Å². The molecule has 0 amide bonds. The average molecular weight is 433 g/mol. The van der Waals surface area contributed by atoms with E-state index in [0.29, 0.717) is 30.6 Å². The molecular formula is C27H44O4. The van der Waals surface area contributed by atoms with Gasteiger partial charge >= 0.3 is 0 Å². The molecule has 3 fully saturated rings. The van der Waals surface area contributed by atoms with E-state index in [0.717, 1.165) is 62.5 Å². The van der Waals surface area contributed by atoms with E-state index in [2.05, 4.69) is 32.6 Å². The monoisotopic (exact) mass is 432 g/mol. The summed E-state index contributed by atoms with van der Waals surface area (Å²) in [4.78, 5) is 0. The fourth-order valence-electron chi connectivity index (χ4n) is 6.80. The Hall–Kier alpha value is -0.940. The Balaban J connectivity index is 1.74. The first-order chi connectivity index (χ1) is 14.6. The van der Waals surface area contributed by atoms with Gasteiger partial charge in [0, 0.05) is 13.0 Å². The molecule has 176 valence electrons. The van der Waals surface area contributed by atoms with Gasteiger partial charge in [-0.25, -0.2) is 0 Å². The van der Waals surface area contributed by atoms with Crippen LogP contribution in [0.3, 0.4) is 0 Å². The molecule has 4 nitrogen and oxygen atoms in total. The van der Waals surface area contributed by atoms with Gasteiger partial charge in [-0.3, -0.25) is 0 Å². The van der Waals surface area contributed by atoms with Crippen molar-refractivity contribution in [1.82, 2.24) is 0 Å². The lowest BCUT2D eigenvalue weighted by Gasteiger charge is -2.47. The first-order valence-corrected chi connectivity index (χ1v) is 12.4. The van der Waals surface area contributed by atoms with Gasteiger partial charge in [-0.2, -0.15) is 0 Å². The molecule has 3 saturated carbocycles. The average Bonchev–Trinajstić information content (AvgIpc) is 3.07. The Morgan fingerprint density at radius 1 is 1.26 bits per heavy atom. The van der Waals surface area contributed by atoms with Crippen LogP contribution in [0.15, 0.2) is 35.5 Å². The summed E-state index contributed by atoms with van der Waals surface area (Å²) in [6, 6.07) is 0. The number of aliphatic hydroxyl groups excluding tert-OH is 3. The fraction of sp³-hybridized carbons (Fsp3) is 0.778. The Bertz CT molecular complexity index is 706. The maximum absolute atomic E-state index is 11.5. The zero-order valence-electron chi connectivity index (χ0n) is 19.8. The molecule has 7 atom stereocenters. The molecule has 0 spiro atoms. The Labute approximate surface area is 188 Å². The van der Waals surface area contributed by atoms with Gasteiger partial charge in [0.05, 0.1) is 17.8 Å². The van der Waals surface area contributed by atoms with Crippen LogP contribution in [0.4, 0.5) is 0 Å². The van der Waals surface area contributed by atoms with Crippen LogP contribution < -0.4 is 0 Å². The Morgan fingerprint density at radius 2 is 2.00 bits per heavy atom. The van der Waals surface area contributed by atoms with Crippen LogP contribution in [0.25, 0.3) is 0 Å². The fourth-order valence-corrected chi connectivity index (χ4v) is 6.80. The SMILES string of the molecule is C=C1/C(=C\C=C2/CCC[C@@]3(C)[C@H]2CC[C@@H]3[C@@](C)(O)CCCC(C)CO)C[C@@H](O)CC1O. The maximum Gasteiger partial charge on any atom is 0.0811 e. The van der Waals surface area contributed by atoms with Gasteiger partial charge in [0.1, 0.15) is 0 Å². The second-order valence-corrected chi connectivity index (χ2v) is 11.1. The van der Waals surface area contributed by atoms with Crippen molar-refractivity contribution in [1.29, 1.82) is 0 Å². The van der Waals surface area contributed by atoms with Gasteiger partial charge in [-0.1, -0.05) is 44.6 Å². The van der Waals surface area contributed by atoms with E-state index >= 15 is 0 Å². The highest BCUT2D eigenvalue weighted by atomic mass is 16.3. The third-order valence-electron chi connectivity index (χ3n) is 8.67. The molecular weight excluding hydrogens is 388 g/mol. The Kier molecular flexibility index (Phi) is 7.89. The van der Waals surface area contributed by atoms with Crippen molar-refractivity contribution in [3.8, 4) is 0 Å². The topological polar surface area (TPSA) is 80.9 Å². The van der Waals surface area contributed by atoms with Crippen LogP contribution in [0, 0.1) is 23.2 Å². The van der Waals surface area contributed by atoms with Gasteiger partial charge in [0.25, 0.3) is 0 Å². The van der Waals surface area contributed by atoms with Crippen LogP contribution in [0.5, 0.6) is 0 Å². The van der Waals surface area contributed by atoms with E-state index in [1.54, 1.807) is 0 Å². The third kappa shape index (κ3) is 5.35. The summed E-state index contributed by atoms with van der Waals surface area (Å²) in [5.74, 6) is 1.07. The summed E-state index contributed by atoms with van der Waals surface area (Å²) in [6.45, 7) is 10.7. The molecule has 3 rings (SSSR count). The highest BCUT2D eigenvalue weighted by molar-refractivity contribution is 5.38. The van der Waals surface area contributed by atoms with Crippen molar-refractivity contribution in [3.05, 3.63) is 35.5 Å². The minimum atomic E-state index is -0.675. The summed E-state index contributed by atoms with van der Waals surface area (Å²) in [6.07, 6.45) is 12.4. The van der Waals surface area contributed by atoms with Crippen LogP contribution in [0.2, 0.25) is 0 Å². The highest BCUT2D eigenvalue weighted by Crippen LogP contribution is 2.60. The molecule has 0 aromatic carbocycles. The zero-order valence-corrected chi connectivity index (χ0v) is 19.8. The molecule has 0 saturated heterocycles. The summed E-state index contributed by atoms with van der Waals surface area (Å²) in [5.41, 5.74) is 2.59. The van der Waals surface area contributed by atoms with Crippen molar-refractivity contribution >= 4 is 0 Å². The first kappa shape index (κ1) is 24.7. The molecule has 31 heavy (non-hydrogen) atoms. The third-order valence-corrected chi connectivity index (χ3v) is 8.67. The highest BCUT2D eigenvalue weighted by Gasteiger charge is 2.54. The number of allylic oxidation sites excluding steroid dienone is 3. The number of fused-ring (bicyclic) bond motifs is 1. The van der Waals surface area contributed by atoms with Gasteiger partial charge in [0.15, 0.2) is 0 Å². The lowest BCUT2D eigenvalue weighted by atomic mass is 9.59. The van der Waals surface area contributed by atoms with E-state index in [-0.39, 0.29) is 12.0 Å². The quantitative estimate of drug-likeness (QED) is 0.471. The van der Waals surface area contributed by atoms with Crippen LogP contribution in [-0.2, 0) is 0 Å². The summed E-state index contributed by atoms with van der Waals surface area (Å²) < 4.78 is 0. The van der Waals surface area contributed by atoms with Crippen molar-refractivity contribution in [3.63, 3.8) is 0 Å². The zero-order chi connectivity index (χ0) is 22.8. The molecule has 3 aliphatic carbocycles. The van der Waals surface area contributed by atoms with Crippen LogP contribution >= 0.6 is 0 Å². The van der Waals surface area contributed by atoms with Gasteiger partial charge < -0.3 is 20.4 Å². The molecule has 4 heteroatoms. The van der Waals surface area contributed by atoms with E-state index in [4.69, 9.17) is 0 Å². The molecule has 2 unspecified atom stereocenters. The maximum atomic E-state index is 11.5. The number of rotatable bonds is 7. The first-order valence-electron chi connectivity index (χ1n) is 12.4. The molecule has 0 aromatic rings. The normalized spacial score (nSPS) is 39.5. The second kappa shape index (κ2) is 9.91. The van der Waals surface area contributed by atoms with E-state index in [1.165, 1.54) is 5.57 Å². The molecule has 0 bridgehead atoms. The number of aliphatic hydroxyl groups is 4. The van der Waals surface area contributed by atoms with E-state index in [1.807, 2.05) is 6.92 Å². The molecule has 3 aliphatic rings. The molecule has 0 aliphatic heterocycles. The van der Waals surface area contributed by atoms with Crippen LogP contribution in [0.1, 0.15) is 85.0 Å². The van der Waals surface area contributed by atoms with Gasteiger partial charge in [0.2, 0.25) is 0 Å². The minimum absolute atomic E-state index is 0.108. The van der Waals surface area contributed by atoms with Crippen molar-refractivity contribution in [2.45, 2.75) is 103 Å².